The largest absolute Gasteiger partial charge is 0.353 e. The van der Waals surface area contributed by atoms with E-state index >= 15 is 0 Å². The number of piperidine rings is 1. The number of amides is 2. The van der Waals surface area contributed by atoms with Gasteiger partial charge in [0.25, 0.3) is 5.91 Å². The maximum Gasteiger partial charge on any atom is 0.271 e. The summed E-state index contributed by atoms with van der Waals surface area (Å²) in [6, 6.07) is 5.84. The van der Waals surface area contributed by atoms with Crippen LogP contribution in [0.25, 0.3) is 11.3 Å². The van der Waals surface area contributed by atoms with Crippen molar-refractivity contribution in [1.82, 2.24) is 25.4 Å². The molecule has 4 rings (SSSR count). The van der Waals surface area contributed by atoms with Crippen molar-refractivity contribution in [2.24, 2.45) is 11.8 Å². The fourth-order valence-electron chi connectivity index (χ4n) is 4.65. The van der Waals surface area contributed by atoms with Gasteiger partial charge in [-0.1, -0.05) is 13.3 Å². The van der Waals surface area contributed by atoms with Crippen molar-refractivity contribution in [3.05, 3.63) is 36.3 Å². The number of aromatic nitrogens is 3. The van der Waals surface area contributed by atoms with Gasteiger partial charge in [0.1, 0.15) is 5.69 Å². The van der Waals surface area contributed by atoms with Crippen molar-refractivity contribution in [2.75, 3.05) is 13.1 Å². The maximum absolute atomic E-state index is 12.8. The summed E-state index contributed by atoms with van der Waals surface area (Å²) in [5.74, 6) is 0.948. The molecule has 1 aliphatic heterocycles. The standard InChI is InChI=1S/C23H31N5O2/c1-2-16-3-5-19(6-4-16)25-22(29)18-9-13-28(14-10-18)23(30)21-15-20(26-27-21)17-7-11-24-12-8-17/h7-8,11-12,15-16,18-19H,2-6,9-10,13-14H2,1H3,(H,25,29)(H,26,27). The summed E-state index contributed by atoms with van der Waals surface area (Å²) < 4.78 is 0. The maximum atomic E-state index is 12.8. The fraction of sp³-hybridized carbons (Fsp3) is 0.565. The van der Waals surface area contributed by atoms with Gasteiger partial charge in [-0.3, -0.25) is 19.7 Å². The molecule has 0 radical (unpaired) electrons. The van der Waals surface area contributed by atoms with E-state index in [0.717, 1.165) is 30.0 Å². The monoisotopic (exact) mass is 409 g/mol. The third kappa shape index (κ3) is 4.71. The van der Waals surface area contributed by atoms with Gasteiger partial charge in [-0.15, -0.1) is 0 Å². The van der Waals surface area contributed by atoms with Crippen LogP contribution in [0.15, 0.2) is 30.6 Å². The van der Waals surface area contributed by atoms with Crippen LogP contribution >= 0.6 is 0 Å². The Morgan fingerprint density at radius 3 is 2.47 bits per heavy atom. The van der Waals surface area contributed by atoms with Gasteiger partial charge in [0, 0.05) is 43.0 Å². The molecule has 0 bridgehead atoms. The lowest BCUT2D eigenvalue weighted by molar-refractivity contribution is -0.127. The zero-order valence-electron chi connectivity index (χ0n) is 17.6. The van der Waals surface area contributed by atoms with Crippen LogP contribution < -0.4 is 5.32 Å². The second kappa shape index (κ2) is 9.41. The van der Waals surface area contributed by atoms with E-state index < -0.39 is 0 Å². The SMILES string of the molecule is CCC1CCC(NC(=O)C2CCN(C(=O)c3cc(-c4ccncc4)n[nH]3)CC2)CC1. The van der Waals surface area contributed by atoms with Crippen LogP contribution in [0, 0.1) is 11.8 Å². The summed E-state index contributed by atoms with van der Waals surface area (Å²) in [7, 11) is 0. The van der Waals surface area contributed by atoms with Crippen LogP contribution in [0.2, 0.25) is 0 Å². The normalized spacial score (nSPS) is 22.6. The first-order chi connectivity index (χ1) is 14.6. The highest BCUT2D eigenvalue weighted by Crippen LogP contribution is 2.27. The van der Waals surface area contributed by atoms with E-state index in [0.29, 0.717) is 37.7 Å². The molecule has 2 fully saturated rings. The number of carbonyl (C=O) groups excluding carboxylic acids is 2. The third-order valence-electron chi connectivity index (χ3n) is 6.71. The van der Waals surface area contributed by atoms with E-state index in [2.05, 4.69) is 27.4 Å². The molecule has 0 atom stereocenters. The number of likely N-dealkylation sites (tertiary alicyclic amines) is 1. The highest BCUT2D eigenvalue weighted by Gasteiger charge is 2.30. The fourth-order valence-corrected chi connectivity index (χ4v) is 4.65. The Morgan fingerprint density at radius 1 is 1.10 bits per heavy atom. The summed E-state index contributed by atoms with van der Waals surface area (Å²) in [4.78, 5) is 31.4. The molecule has 7 heteroatoms. The first-order valence-corrected chi connectivity index (χ1v) is 11.2. The number of nitrogens with zero attached hydrogens (tertiary/aromatic N) is 3. The molecule has 1 saturated heterocycles. The second-order valence-corrected chi connectivity index (χ2v) is 8.60. The molecular formula is C23H31N5O2. The summed E-state index contributed by atoms with van der Waals surface area (Å²) in [6.45, 7) is 3.45. The van der Waals surface area contributed by atoms with E-state index in [9.17, 15) is 9.59 Å². The van der Waals surface area contributed by atoms with Crippen molar-refractivity contribution in [3.63, 3.8) is 0 Å². The van der Waals surface area contributed by atoms with Crippen LogP contribution in [-0.2, 0) is 4.79 Å². The Bertz CT molecular complexity index is 849. The average molecular weight is 410 g/mol. The van der Waals surface area contributed by atoms with Crippen molar-refractivity contribution < 1.29 is 9.59 Å². The smallest absolute Gasteiger partial charge is 0.271 e. The van der Waals surface area contributed by atoms with Gasteiger partial charge in [0.15, 0.2) is 0 Å². The number of hydrogen-bond donors (Lipinski definition) is 2. The molecule has 160 valence electrons. The number of H-pyrrole nitrogens is 1. The van der Waals surface area contributed by atoms with Crippen LogP contribution in [0.1, 0.15) is 62.4 Å². The molecule has 30 heavy (non-hydrogen) atoms. The number of aromatic amines is 1. The minimum Gasteiger partial charge on any atom is -0.353 e. The van der Waals surface area contributed by atoms with Gasteiger partial charge in [0.05, 0.1) is 5.69 Å². The van der Waals surface area contributed by atoms with Crippen molar-refractivity contribution in [3.8, 4) is 11.3 Å². The molecule has 0 unspecified atom stereocenters. The topological polar surface area (TPSA) is 91.0 Å². The summed E-state index contributed by atoms with van der Waals surface area (Å²) >= 11 is 0. The van der Waals surface area contributed by atoms with Crippen LogP contribution in [0.5, 0.6) is 0 Å². The Labute approximate surface area is 177 Å². The van der Waals surface area contributed by atoms with Crippen LogP contribution in [0.4, 0.5) is 0 Å². The highest BCUT2D eigenvalue weighted by atomic mass is 16.2. The van der Waals surface area contributed by atoms with Gasteiger partial charge >= 0.3 is 0 Å². The van der Waals surface area contributed by atoms with Gasteiger partial charge < -0.3 is 10.2 Å². The molecular weight excluding hydrogens is 378 g/mol. The number of hydrogen-bond acceptors (Lipinski definition) is 4. The first kappa shape index (κ1) is 20.6. The molecule has 0 aromatic carbocycles. The average Bonchev–Trinajstić information content (AvgIpc) is 3.30. The lowest BCUT2D eigenvalue weighted by Gasteiger charge is -2.33. The molecule has 0 spiro atoms. The third-order valence-corrected chi connectivity index (χ3v) is 6.71. The lowest BCUT2D eigenvalue weighted by Crippen LogP contribution is -2.46. The number of nitrogens with one attached hydrogen (secondary N) is 2. The van der Waals surface area contributed by atoms with E-state index in [-0.39, 0.29) is 17.7 Å². The Kier molecular flexibility index (Phi) is 6.45. The first-order valence-electron chi connectivity index (χ1n) is 11.2. The molecule has 2 amide bonds. The van der Waals surface area contributed by atoms with E-state index in [1.165, 1.54) is 19.3 Å². The Hall–Kier alpha value is -2.70. The van der Waals surface area contributed by atoms with Crippen LogP contribution in [0.3, 0.4) is 0 Å². The minimum absolute atomic E-state index is 0.00657. The summed E-state index contributed by atoms with van der Waals surface area (Å²) in [6.07, 6.45) is 10.7. The second-order valence-electron chi connectivity index (χ2n) is 8.60. The Morgan fingerprint density at radius 2 is 1.80 bits per heavy atom. The van der Waals surface area contributed by atoms with Crippen molar-refractivity contribution in [2.45, 2.75) is 57.9 Å². The number of rotatable bonds is 5. The molecule has 1 saturated carbocycles. The van der Waals surface area contributed by atoms with Gasteiger partial charge in [-0.2, -0.15) is 5.10 Å². The molecule has 2 aromatic rings. The van der Waals surface area contributed by atoms with Gasteiger partial charge in [-0.05, 0) is 62.6 Å². The molecule has 2 aliphatic rings. The molecule has 7 nitrogen and oxygen atoms in total. The minimum atomic E-state index is -0.0560. The zero-order valence-corrected chi connectivity index (χ0v) is 17.6. The quantitative estimate of drug-likeness (QED) is 0.792. The number of carbonyl (C=O) groups is 2. The number of pyridine rings is 1. The van der Waals surface area contributed by atoms with Crippen LogP contribution in [-0.4, -0.2) is 51.0 Å². The predicted molar refractivity (Wildman–Crippen MR) is 115 cm³/mol. The van der Waals surface area contributed by atoms with Crippen molar-refractivity contribution in [1.29, 1.82) is 0 Å². The van der Waals surface area contributed by atoms with E-state index in [4.69, 9.17) is 0 Å². The summed E-state index contributed by atoms with van der Waals surface area (Å²) in [5, 5.41) is 10.4. The summed E-state index contributed by atoms with van der Waals surface area (Å²) in [5.41, 5.74) is 2.13. The lowest BCUT2D eigenvalue weighted by atomic mass is 9.84. The van der Waals surface area contributed by atoms with Gasteiger partial charge in [-0.25, -0.2) is 0 Å². The van der Waals surface area contributed by atoms with E-state index in [1.807, 2.05) is 17.0 Å². The molecule has 3 heterocycles. The zero-order chi connectivity index (χ0) is 20.9. The molecule has 2 aromatic heterocycles. The highest BCUT2D eigenvalue weighted by molar-refractivity contribution is 5.93. The molecule has 2 N–H and O–H groups in total. The van der Waals surface area contributed by atoms with Crippen molar-refractivity contribution >= 4 is 11.8 Å². The van der Waals surface area contributed by atoms with E-state index in [1.54, 1.807) is 18.5 Å². The predicted octanol–water partition coefficient (Wildman–Crippen LogP) is 3.41. The molecule has 1 aliphatic carbocycles. The Balaban J connectivity index is 1.27. The van der Waals surface area contributed by atoms with Gasteiger partial charge in [0.2, 0.25) is 5.91 Å².